The first-order chi connectivity index (χ1) is 14.5. The highest BCUT2D eigenvalue weighted by Gasteiger charge is 2.29. The maximum atomic E-state index is 13.0. The number of hydrogen-bond acceptors (Lipinski definition) is 3. The van der Waals surface area contributed by atoms with E-state index in [1.807, 2.05) is 30.5 Å². The number of amides is 3. The normalized spacial score (nSPS) is 16.3. The molecule has 1 atom stereocenters. The van der Waals surface area contributed by atoms with E-state index >= 15 is 0 Å². The summed E-state index contributed by atoms with van der Waals surface area (Å²) in [6.07, 6.45) is 3.38. The Bertz CT molecular complexity index is 1090. The number of nitrogens with zero attached hydrogens (tertiary/aromatic N) is 1. The lowest BCUT2D eigenvalue weighted by Gasteiger charge is -2.32. The average Bonchev–Trinajstić information content (AvgIpc) is 3.22. The Morgan fingerprint density at radius 2 is 1.73 bits per heavy atom. The van der Waals surface area contributed by atoms with Crippen molar-refractivity contribution in [1.82, 2.24) is 9.88 Å². The summed E-state index contributed by atoms with van der Waals surface area (Å²) in [7, 11) is 0. The number of likely N-dealkylation sites (tertiary alicyclic amines) is 1. The van der Waals surface area contributed by atoms with E-state index in [0.29, 0.717) is 30.0 Å². The molecule has 7 nitrogen and oxygen atoms in total. The van der Waals surface area contributed by atoms with Crippen LogP contribution in [0.1, 0.15) is 30.1 Å². The van der Waals surface area contributed by atoms with Crippen LogP contribution in [0.25, 0.3) is 10.9 Å². The zero-order valence-electron chi connectivity index (χ0n) is 16.8. The largest absolute Gasteiger partial charge is 0.361 e. The molecule has 1 unspecified atom stereocenters. The minimum Gasteiger partial charge on any atom is -0.361 e. The first kappa shape index (κ1) is 19.7. The first-order valence-corrected chi connectivity index (χ1v) is 10.0. The van der Waals surface area contributed by atoms with Gasteiger partial charge in [-0.3, -0.25) is 14.4 Å². The second-order valence-corrected chi connectivity index (χ2v) is 7.62. The highest BCUT2D eigenvalue weighted by molar-refractivity contribution is 5.99. The molecule has 1 fully saturated rings. The fraction of sp³-hybridized carbons (Fsp3) is 0.261. The van der Waals surface area contributed by atoms with Crippen LogP contribution in [0.4, 0.5) is 11.4 Å². The Balaban J connectivity index is 1.39. The number of benzene rings is 2. The Labute approximate surface area is 174 Å². The van der Waals surface area contributed by atoms with Gasteiger partial charge < -0.3 is 20.5 Å². The van der Waals surface area contributed by atoms with Gasteiger partial charge >= 0.3 is 0 Å². The number of H-pyrrole nitrogens is 1. The van der Waals surface area contributed by atoms with Crippen LogP contribution in [0.15, 0.2) is 54.7 Å². The number of hydrogen-bond donors (Lipinski definition) is 3. The first-order valence-electron chi connectivity index (χ1n) is 10.0. The van der Waals surface area contributed by atoms with Gasteiger partial charge in [0.2, 0.25) is 11.8 Å². The van der Waals surface area contributed by atoms with E-state index in [4.69, 9.17) is 0 Å². The molecule has 154 valence electrons. The molecule has 4 rings (SSSR count). The third-order valence-electron chi connectivity index (χ3n) is 5.35. The van der Waals surface area contributed by atoms with Crippen molar-refractivity contribution in [3.8, 4) is 0 Å². The molecule has 3 amide bonds. The molecule has 0 bridgehead atoms. The molecule has 0 spiro atoms. The van der Waals surface area contributed by atoms with E-state index in [1.54, 1.807) is 29.2 Å². The molecule has 3 aromatic rings. The van der Waals surface area contributed by atoms with Crippen molar-refractivity contribution in [2.24, 2.45) is 5.92 Å². The van der Waals surface area contributed by atoms with Gasteiger partial charge in [0.05, 0.1) is 5.92 Å². The second kappa shape index (κ2) is 8.41. The summed E-state index contributed by atoms with van der Waals surface area (Å²) in [6.45, 7) is 2.50. The molecular formula is C23H24N4O3. The summed E-state index contributed by atoms with van der Waals surface area (Å²) in [6, 6.07) is 14.6. The predicted molar refractivity (Wildman–Crippen MR) is 116 cm³/mol. The molecule has 1 aliphatic heterocycles. The molecule has 0 aliphatic carbocycles. The molecule has 7 heteroatoms. The molecule has 2 aromatic carbocycles. The number of rotatable bonds is 4. The van der Waals surface area contributed by atoms with Crippen molar-refractivity contribution in [3.63, 3.8) is 0 Å². The minimum atomic E-state index is -0.257. The SMILES string of the molecule is CC(=O)Nc1ccc(NC(=O)C2CCCN(C(=O)c3ccc4cc[nH]c4c3)C2)cc1. The van der Waals surface area contributed by atoms with Gasteiger partial charge in [-0.2, -0.15) is 0 Å². The standard InChI is InChI=1S/C23H24N4O3/c1-15(28)25-19-6-8-20(9-7-19)26-22(29)18-3-2-12-27(14-18)23(30)17-5-4-16-10-11-24-21(16)13-17/h4-11,13,18,24H,2-3,12,14H2,1H3,(H,25,28)(H,26,29). The van der Waals surface area contributed by atoms with Gasteiger partial charge in [0.25, 0.3) is 5.91 Å². The number of aromatic nitrogens is 1. The number of fused-ring (bicyclic) bond motifs is 1. The van der Waals surface area contributed by atoms with Gasteiger partial charge in [0, 0.05) is 48.7 Å². The number of piperidine rings is 1. The van der Waals surface area contributed by atoms with E-state index < -0.39 is 0 Å². The number of carbonyl (C=O) groups is 3. The van der Waals surface area contributed by atoms with E-state index in [2.05, 4.69) is 15.6 Å². The third kappa shape index (κ3) is 4.35. The van der Waals surface area contributed by atoms with E-state index in [9.17, 15) is 14.4 Å². The predicted octanol–water partition coefficient (Wildman–Crippen LogP) is 3.62. The molecule has 0 saturated carbocycles. The molecule has 0 radical (unpaired) electrons. The highest BCUT2D eigenvalue weighted by atomic mass is 16.2. The molecule has 1 saturated heterocycles. The van der Waals surface area contributed by atoms with Crippen LogP contribution in [0, 0.1) is 5.92 Å². The zero-order chi connectivity index (χ0) is 21.1. The van der Waals surface area contributed by atoms with Crippen LogP contribution < -0.4 is 10.6 Å². The zero-order valence-corrected chi connectivity index (χ0v) is 16.8. The molecule has 1 aromatic heterocycles. The van der Waals surface area contributed by atoms with Crippen LogP contribution >= 0.6 is 0 Å². The van der Waals surface area contributed by atoms with Crippen LogP contribution in [-0.4, -0.2) is 40.7 Å². The summed E-state index contributed by atoms with van der Waals surface area (Å²) in [5.74, 6) is -0.552. The van der Waals surface area contributed by atoms with Crippen LogP contribution in [0.5, 0.6) is 0 Å². The molecule has 1 aliphatic rings. The van der Waals surface area contributed by atoms with Crippen LogP contribution in [0.3, 0.4) is 0 Å². The number of anilines is 2. The lowest BCUT2D eigenvalue weighted by molar-refractivity contribution is -0.121. The summed E-state index contributed by atoms with van der Waals surface area (Å²) >= 11 is 0. The molecule has 2 heterocycles. The quantitative estimate of drug-likeness (QED) is 0.620. The summed E-state index contributed by atoms with van der Waals surface area (Å²) in [5.41, 5.74) is 2.89. The summed E-state index contributed by atoms with van der Waals surface area (Å²) < 4.78 is 0. The van der Waals surface area contributed by atoms with Crippen molar-refractivity contribution in [2.75, 3.05) is 23.7 Å². The van der Waals surface area contributed by atoms with Gasteiger partial charge in [-0.1, -0.05) is 6.07 Å². The number of aromatic amines is 1. The topological polar surface area (TPSA) is 94.3 Å². The lowest BCUT2D eigenvalue weighted by Crippen LogP contribution is -2.43. The minimum absolute atomic E-state index is 0.0522. The van der Waals surface area contributed by atoms with E-state index in [0.717, 1.165) is 23.7 Å². The van der Waals surface area contributed by atoms with Gasteiger partial charge in [-0.05, 0) is 60.7 Å². The summed E-state index contributed by atoms with van der Waals surface area (Å²) in [5, 5.41) is 6.67. The fourth-order valence-electron chi connectivity index (χ4n) is 3.82. The van der Waals surface area contributed by atoms with Gasteiger partial charge in [0.1, 0.15) is 0 Å². The maximum Gasteiger partial charge on any atom is 0.253 e. The maximum absolute atomic E-state index is 13.0. The Morgan fingerprint density at radius 3 is 2.47 bits per heavy atom. The average molecular weight is 404 g/mol. The van der Waals surface area contributed by atoms with Gasteiger partial charge in [0.15, 0.2) is 0 Å². The molecular weight excluding hydrogens is 380 g/mol. The van der Waals surface area contributed by atoms with Crippen molar-refractivity contribution in [3.05, 3.63) is 60.3 Å². The number of nitrogens with one attached hydrogen (secondary N) is 3. The van der Waals surface area contributed by atoms with Crippen molar-refractivity contribution in [2.45, 2.75) is 19.8 Å². The van der Waals surface area contributed by atoms with E-state index in [-0.39, 0.29) is 23.6 Å². The van der Waals surface area contributed by atoms with Crippen LogP contribution in [-0.2, 0) is 9.59 Å². The monoisotopic (exact) mass is 404 g/mol. The van der Waals surface area contributed by atoms with Crippen molar-refractivity contribution < 1.29 is 14.4 Å². The fourth-order valence-corrected chi connectivity index (χ4v) is 3.82. The second-order valence-electron chi connectivity index (χ2n) is 7.62. The third-order valence-corrected chi connectivity index (χ3v) is 5.35. The highest BCUT2D eigenvalue weighted by Crippen LogP contribution is 2.22. The number of carbonyl (C=O) groups excluding carboxylic acids is 3. The van der Waals surface area contributed by atoms with E-state index in [1.165, 1.54) is 6.92 Å². The van der Waals surface area contributed by atoms with Gasteiger partial charge in [-0.25, -0.2) is 0 Å². The van der Waals surface area contributed by atoms with Crippen molar-refractivity contribution >= 4 is 40.0 Å². The van der Waals surface area contributed by atoms with Gasteiger partial charge in [-0.15, -0.1) is 0 Å². The summed E-state index contributed by atoms with van der Waals surface area (Å²) in [4.78, 5) is 41.7. The Hall–Kier alpha value is -3.61. The van der Waals surface area contributed by atoms with Crippen LogP contribution in [0.2, 0.25) is 0 Å². The Kier molecular flexibility index (Phi) is 5.52. The smallest absolute Gasteiger partial charge is 0.253 e. The Morgan fingerprint density at radius 1 is 1.00 bits per heavy atom. The lowest BCUT2D eigenvalue weighted by atomic mass is 9.96. The molecule has 3 N–H and O–H groups in total. The molecule has 30 heavy (non-hydrogen) atoms. The van der Waals surface area contributed by atoms with Crippen molar-refractivity contribution in [1.29, 1.82) is 0 Å².